The van der Waals surface area contributed by atoms with Gasteiger partial charge in [-0.2, -0.15) is 0 Å². The van der Waals surface area contributed by atoms with Crippen molar-refractivity contribution in [2.24, 2.45) is 5.92 Å². The van der Waals surface area contributed by atoms with Crippen molar-refractivity contribution in [2.45, 2.75) is 38.3 Å². The maximum atomic E-state index is 11.6. The molecular formula is C11H18NO4P. The van der Waals surface area contributed by atoms with Gasteiger partial charge in [-0.05, 0) is 27.2 Å². The summed E-state index contributed by atoms with van der Waals surface area (Å²) in [5, 5.41) is 2.56. The molecule has 0 bridgehead atoms. The summed E-state index contributed by atoms with van der Waals surface area (Å²) in [6, 6.07) is 0. The standard InChI is InChI=1S/C11H18NO4P/c1-5-7-6-11(7,8(13)16-17)12-9(14)15-10(2,3)4/h5,7H,1,6,17H2,2-4H3,(H,12,14)/t7?,11-/m1/s1. The summed E-state index contributed by atoms with van der Waals surface area (Å²) in [6.45, 7) is 8.88. The van der Waals surface area contributed by atoms with Gasteiger partial charge in [0.25, 0.3) is 0 Å². The zero-order chi connectivity index (χ0) is 13.3. The molecular weight excluding hydrogens is 241 g/mol. The monoisotopic (exact) mass is 259 g/mol. The van der Waals surface area contributed by atoms with Gasteiger partial charge in [0.2, 0.25) is 0 Å². The quantitative estimate of drug-likeness (QED) is 0.620. The Labute approximate surface area is 103 Å². The van der Waals surface area contributed by atoms with Crippen LogP contribution < -0.4 is 5.32 Å². The van der Waals surface area contributed by atoms with E-state index in [9.17, 15) is 9.59 Å². The number of amides is 1. The number of ether oxygens (including phenoxy) is 1. The molecule has 1 fully saturated rings. The van der Waals surface area contributed by atoms with Gasteiger partial charge in [-0.3, -0.25) is 0 Å². The van der Waals surface area contributed by atoms with Gasteiger partial charge in [-0.1, -0.05) is 6.08 Å². The van der Waals surface area contributed by atoms with Crippen LogP contribution in [0.5, 0.6) is 0 Å². The Hall–Kier alpha value is -1.09. The summed E-state index contributed by atoms with van der Waals surface area (Å²) in [6.07, 6.45) is 1.49. The third-order valence-electron chi connectivity index (χ3n) is 2.49. The molecule has 0 aliphatic heterocycles. The first-order valence-electron chi connectivity index (χ1n) is 5.30. The SMILES string of the molecule is C=CC1C[C@]1(NC(=O)OC(C)(C)C)C(=O)OP. The molecule has 0 aromatic heterocycles. The lowest BCUT2D eigenvalue weighted by Gasteiger charge is -2.22. The van der Waals surface area contributed by atoms with Crippen LogP contribution >= 0.6 is 9.47 Å². The van der Waals surface area contributed by atoms with Gasteiger partial charge in [0.1, 0.15) is 11.1 Å². The highest BCUT2D eigenvalue weighted by atomic mass is 31.0. The van der Waals surface area contributed by atoms with Crippen molar-refractivity contribution in [1.82, 2.24) is 5.32 Å². The third kappa shape index (κ3) is 3.19. The number of carbonyl (C=O) groups excluding carboxylic acids is 2. The van der Waals surface area contributed by atoms with E-state index in [0.29, 0.717) is 6.42 Å². The van der Waals surface area contributed by atoms with Crippen molar-refractivity contribution >= 4 is 21.5 Å². The number of hydrogen-bond donors (Lipinski definition) is 1. The van der Waals surface area contributed by atoms with E-state index < -0.39 is 23.2 Å². The van der Waals surface area contributed by atoms with Crippen molar-refractivity contribution in [3.05, 3.63) is 12.7 Å². The molecule has 1 saturated carbocycles. The van der Waals surface area contributed by atoms with Gasteiger partial charge >= 0.3 is 12.1 Å². The van der Waals surface area contributed by atoms with Crippen molar-refractivity contribution in [3.63, 3.8) is 0 Å². The van der Waals surface area contributed by atoms with E-state index in [0.717, 1.165) is 0 Å². The van der Waals surface area contributed by atoms with E-state index >= 15 is 0 Å². The number of nitrogens with one attached hydrogen (secondary N) is 1. The first-order valence-corrected chi connectivity index (χ1v) is 5.77. The van der Waals surface area contributed by atoms with Crippen LogP contribution in [0.3, 0.4) is 0 Å². The second-order valence-electron chi connectivity index (χ2n) is 5.05. The van der Waals surface area contributed by atoms with Gasteiger partial charge in [0, 0.05) is 5.92 Å². The van der Waals surface area contributed by atoms with E-state index in [4.69, 9.17) is 4.74 Å². The van der Waals surface area contributed by atoms with Crippen LogP contribution in [-0.2, 0) is 14.1 Å². The molecule has 0 aromatic carbocycles. The highest BCUT2D eigenvalue weighted by Gasteiger charge is 2.61. The molecule has 0 spiro atoms. The van der Waals surface area contributed by atoms with Gasteiger partial charge < -0.3 is 14.6 Å². The molecule has 96 valence electrons. The van der Waals surface area contributed by atoms with Crippen LogP contribution in [0, 0.1) is 5.92 Å². The van der Waals surface area contributed by atoms with Gasteiger partial charge in [0.15, 0.2) is 0 Å². The van der Waals surface area contributed by atoms with E-state index in [1.54, 1.807) is 26.8 Å². The Kier molecular flexibility index (Phi) is 3.82. The fourth-order valence-corrected chi connectivity index (χ4v) is 1.80. The lowest BCUT2D eigenvalue weighted by Crippen LogP contribution is -2.47. The van der Waals surface area contributed by atoms with Gasteiger partial charge in [0.05, 0.1) is 9.47 Å². The molecule has 2 unspecified atom stereocenters. The maximum Gasteiger partial charge on any atom is 0.408 e. The van der Waals surface area contributed by atoms with Gasteiger partial charge in [-0.15, -0.1) is 6.58 Å². The van der Waals surface area contributed by atoms with Crippen LogP contribution in [0.1, 0.15) is 27.2 Å². The molecule has 1 N–H and O–H groups in total. The average molecular weight is 259 g/mol. The van der Waals surface area contributed by atoms with Crippen LogP contribution in [0.2, 0.25) is 0 Å². The molecule has 0 radical (unpaired) electrons. The average Bonchev–Trinajstić information content (AvgIpc) is 2.88. The molecule has 6 heteroatoms. The minimum atomic E-state index is -1.01. The molecule has 5 nitrogen and oxygen atoms in total. The lowest BCUT2D eigenvalue weighted by molar-refractivity contribution is -0.137. The highest BCUT2D eigenvalue weighted by Crippen LogP contribution is 2.45. The van der Waals surface area contributed by atoms with Crippen molar-refractivity contribution < 1.29 is 18.8 Å². The predicted molar refractivity (Wildman–Crippen MR) is 66.2 cm³/mol. The van der Waals surface area contributed by atoms with Crippen molar-refractivity contribution in [1.29, 1.82) is 0 Å². The Morgan fingerprint density at radius 3 is 2.47 bits per heavy atom. The predicted octanol–water partition coefficient (Wildman–Crippen LogP) is 1.79. The van der Waals surface area contributed by atoms with Crippen LogP contribution in [0.25, 0.3) is 0 Å². The molecule has 17 heavy (non-hydrogen) atoms. The number of carbonyl (C=O) groups is 2. The maximum absolute atomic E-state index is 11.6. The second kappa shape index (κ2) is 4.65. The van der Waals surface area contributed by atoms with E-state index in [1.807, 2.05) is 9.47 Å². The molecule has 0 heterocycles. The van der Waals surface area contributed by atoms with E-state index in [1.165, 1.54) is 0 Å². The summed E-state index contributed by atoms with van der Waals surface area (Å²) < 4.78 is 9.70. The smallest absolute Gasteiger partial charge is 0.408 e. The number of hydrogen-bond acceptors (Lipinski definition) is 4. The summed E-state index contributed by atoms with van der Waals surface area (Å²) in [5.74, 6) is -0.610. The van der Waals surface area contributed by atoms with Gasteiger partial charge in [-0.25, -0.2) is 9.59 Å². The summed E-state index contributed by atoms with van der Waals surface area (Å²) >= 11 is 0. The van der Waals surface area contributed by atoms with Crippen molar-refractivity contribution in [2.75, 3.05) is 0 Å². The molecule has 0 saturated heterocycles. The first kappa shape index (κ1) is 14.0. The molecule has 0 aromatic rings. The fourth-order valence-electron chi connectivity index (χ4n) is 1.59. The normalized spacial score (nSPS) is 26.9. The van der Waals surface area contributed by atoms with Crippen LogP contribution in [0.4, 0.5) is 4.79 Å². The summed E-state index contributed by atoms with van der Waals surface area (Å²) in [7, 11) is 1.88. The number of rotatable bonds is 3. The third-order valence-corrected chi connectivity index (χ3v) is 2.71. The number of alkyl carbamates (subject to hydrolysis) is 1. The molecule has 1 aliphatic rings. The lowest BCUT2D eigenvalue weighted by atomic mass is 10.2. The highest BCUT2D eigenvalue weighted by molar-refractivity contribution is 7.10. The topological polar surface area (TPSA) is 64.6 Å². The van der Waals surface area contributed by atoms with Crippen LogP contribution in [-0.4, -0.2) is 23.2 Å². The molecule has 1 aliphatic carbocycles. The Balaban J connectivity index is 2.68. The minimum Gasteiger partial charge on any atom is -0.450 e. The second-order valence-corrected chi connectivity index (χ2v) is 5.29. The zero-order valence-electron chi connectivity index (χ0n) is 10.3. The molecule has 1 rings (SSSR count). The Morgan fingerprint density at radius 1 is 1.53 bits per heavy atom. The fraction of sp³-hybridized carbons (Fsp3) is 0.636. The summed E-state index contributed by atoms with van der Waals surface area (Å²) in [4.78, 5) is 23.2. The van der Waals surface area contributed by atoms with E-state index in [2.05, 4.69) is 16.4 Å². The van der Waals surface area contributed by atoms with Crippen LogP contribution in [0.15, 0.2) is 12.7 Å². The zero-order valence-corrected chi connectivity index (χ0v) is 11.4. The Morgan fingerprint density at radius 2 is 2.12 bits per heavy atom. The largest absolute Gasteiger partial charge is 0.450 e. The summed E-state index contributed by atoms with van der Waals surface area (Å²) in [5.41, 5.74) is -1.61. The molecule has 1 amide bonds. The first-order chi connectivity index (χ1) is 7.75. The molecule has 3 atom stereocenters. The van der Waals surface area contributed by atoms with E-state index in [-0.39, 0.29) is 5.92 Å². The Bertz CT molecular complexity index is 350. The van der Waals surface area contributed by atoms with Crippen molar-refractivity contribution in [3.8, 4) is 0 Å². The minimum absolute atomic E-state index is 0.108.